The minimum atomic E-state index is -2.07. The Morgan fingerprint density at radius 1 is 0.932 bits per heavy atom. The molecule has 2 aromatic carbocycles. The summed E-state index contributed by atoms with van der Waals surface area (Å²) in [6.07, 6.45) is -15.6. The molecule has 4 rings (SSSR count). The molecule has 1 aliphatic heterocycles. The quantitative estimate of drug-likeness (QED) is 0.113. The predicted molar refractivity (Wildman–Crippen MR) is 147 cm³/mol. The Bertz CT molecular complexity index is 1510. The Hall–Kier alpha value is -3.71. The van der Waals surface area contributed by atoms with E-state index in [9.17, 15) is 55.9 Å². The van der Waals surface area contributed by atoms with Gasteiger partial charge in [0.2, 0.25) is 11.2 Å². The van der Waals surface area contributed by atoms with Crippen LogP contribution in [-0.4, -0.2) is 127 Å². The Morgan fingerprint density at radius 3 is 2.30 bits per heavy atom. The van der Waals surface area contributed by atoms with Crippen molar-refractivity contribution in [1.82, 2.24) is 0 Å². The van der Waals surface area contributed by atoms with Crippen LogP contribution in [0.2, 0.25) is 0 Å². The van der Waals surface area contributed by atoms with Gasteiger partial charge >= 0.3 is 0 Å². The van der Waals surface area contributed by atoms with Crippen molar-refractivity contribution >= 4 is 11.0 Å². The minimum absolute atomic E-state index is 0.0222. The molecule has 242 valence electrons. The molecule has 1 aromatic heterocycles. The first kappa shape index (κ1) is 33.2. The van der Waals surface area contributed by atoms with E-state index in [0.717, 1.165) is 12.1 Å². The van der Waals surface area contributed by atoms with E-state index in [1.165, 1.54) is 32.2 Å². The van der Waals surface area contributed by atoms with Crippen molar-refractivity contribution in [2.45, 2.75) is 62.0 Å². The van der Waals surface area contributed by atoms with Crippen LogP contribution in [-0.2, 0) is 9.47 Å². The standard InChI is InChI=1S/C28H34O16/c1-10-20(34)24(38)25(39)28(42-10)44-18(22(36)21(35)15(33)8-29)9-41-27-23(37)19-14(32)6-12(30)7-17(19)43-26(27)11-3-4-13(31)16(5-11)40-2/h3-7,10,15,18,20-22,24-25,28-36,38-39H,8-9H2,1-2H3/t10?,15?,18-,20?,21?,22?,24?,25?,28?/m1/s1. The molecular weight excluding hydrogens is 592 g/mol. The number of fused-ring (bicyclic) bond motifs is 1. The lowest BCUT2D eigenvalue weighted by atomic mass is 9.99. The van der Waals surface area contributed by atoms with Crippen LogP contribution in [0.4, 0.5) is 0 Å². The summed E-state index contributed by atoms with van der Waals surface area (Å²) in [7, 11) is 1.27. The molecule has 0 saturated carbocycles. The van der Waals surface area contributed by atoms with E-state index in [0.29, 0.717) is 0 Å². The van der Waals surface area contributed by atoms with Gasteiger partial charge in [-0.1, -0.05) is 0 Å². The number of hydrogen-bond acceptors (Lipinski definition) is 16. The van der Waals surface area contributed by atoms with Crippen LogP contribution in [0.25, 0.3) is 22.3 Å². The van der Waals surface area contributed by atoms with Crippen LogP contribution in [0.1, 0.15) is 6.92 Å². The smallest absolute Gasteiger partial charge is 0.239 e. The fourth-order valence-corrected chi connectivity index (χ4v) is 4.65. The van der Waals surface area contributed by atoms with Gasteiger partial charge in [-0.05, 0) is 25.1 Å². The molecule has 1 fully saturated rings. The van der Waals surface area contributed by atoms with Crippen molar-refractivity contribution in [2.75, 3.05) is 20.3 Å². The van der Waals surface area contributed by atoms with Crippen molar-refractivity contribution in [3.8, 4) is 40.1 Å². The second-order valence-corrected chi connectivity index (χ2v) is 10.2. The maximum atomic E-state index is 13.7. The highest BCUT2D eigenvalue weighted by Crippen LogP contribution is 2.39. The summed E-state index contributed by atoms with van der Waals surface area (Å²) in [5.41, 5.74) is -1.10. The average molecular weight is 627 g/mol. The molecule has 8 unspecified atom stereocenters. The molecule has 16 heteroatoms. The zero-order valence-corrected chi connectivity index (χ0v) is 23.4. The Kier molecular flexibility index (Phi) is 10.2. The van der Waals surface area contributed by atoms with Crippen LogP contribution in [0.3, 0.4) is 0 Å². The molecule has 2 heterocycles. The third-order valence-electron chi connectivity index (χ3n) is 7.18. The molecule has 0 radical (unpaired) electrons. The molecule has 16 nitrogen and oxygen atoms in total. The highest BCUT2D eigenvalue weighted by Gasteiger charge is 2.45. The molecule has 44 heavy (non-hydrogen) atoms. The summed E-state index contributed by atoms with van der Waals surface area (Å²) in [6.45, 7) is -0.442. The fourth-order valence-electron chi connectivity index (χ4n) is 4.65. The molecular formula is C28H34O16. The topological polar surface area (TPSA) is 269 Å². The van der Waals surface area contributed by atoms with E-state index in [4.69, 9.17) is 23.4 Å². The van der Waals surface area contributed by atoms with Gasteiger partial charge in [0.25, 0.3) is 0 Å². The normalized spacial score (nSPS) is 24.9. The summed E-state index contributed by atoms with van der Waals surface area (Å²) in [5, 5.41) is 101. The minimum Gasteiger partial charge on any atom is -0.508 e. The van der Waals surface area contributed by atoms with Gasteiger partial charge in [-0.15, -0.1) is 0 Å². The Labute approximate surface area is 248 Å². The number of aliphatic hydroxyl groups is 7. The number of aliphatic hydroxyl groups excluding tert-OH is 7. The van der Waals surface area contributed by atoms with Crippen LogP contribution >= 0.6 is 0 Å². The van der Waals surface area contributed by atoms with Crippen molar-refractivity contribution in [2.24, 2.45) is 0 Å². The van der Waals surface area contributed by atoms with Gasteiger partial charge in [-0.25, -0.2) is 0 Å². The van der Waals surface area contributed by atoms with E-state index < -0.39 is 96.4 Å². The Morgan fingerprint density at radius 2 is 1.64 bits per heavy atom. The summed E-state index contributed by atoms with van der Waals surface area (Å²) in [5.74, 6) is -2.25. The summed E-state index contributed by atoms with van der Waals surface area (Å²) in [6, 6.07) is 5.80. The lowest BCUT2D eigenvalue weighted by molar-refractivity contribution is -0.315. The van der Waals surface area contributed by atoms with E-state index in [2.05, 4.69) is 0 Å². The number of hydrogen-bond donors (Lipinski definition) is 10. The third-order valence-corrected chi connectivity index (χ3v) is 7.18. The molecule has 0 amide bonds. The van der Waals surface area contributed by atoms with Gasteiger partial charge < -0.3 is 74.4 Å². The third kappa shape index (κ3) is 6.53. The second-order valence-electron chi connectivity index (χ2n) is 10.2. The van der Waals surface area contributed by atoms with Gasteiger partial charge in [0.1, 0.15) is 71.8 Å². The molecule has 0 aliphatic carbocycles. The van der Waals surface area contributed by atoms with Crippen molar-refractivity contribution in [3.63, 3.8) is 0 Å². The van der Waals surface area contributed by atoms with Crippen molar-refractivity contribution < 1.29 is 74.4 Å². The second kappa shape index (κ2) is 13.5. The highest BCUT2D eigenvalue weighted by atomic mass is 16.7. The molecule has 3 aromatic rings. The molecule has 0 spiro atoms. The van der Waals surface area contributed by atoms with Crippen molar-refractivity contribution in [3.05, 3.63) is 40.6 Å². The number of rotatable bonds is 11. The van der Waals surface area contributed by atoms with E-state index >= 15 is 0 Å². The van der Waals surface area contributed by atoms with Gasteiger partial charge in [0.05, 0.1) is 19.8 Å². The molecule has 1 saturated heterocycles. The number of benzene rings is 2. The van der Waals surface area contributed by atoms with Crippen LogP contribution in [0.5, 0.6) is 28.7 Å². The van der Waals surface area contributed by atoms with E-state index in [-0.39, 0.29) is 28.4 Å². The van der Waals surface area contributed by atoms with Crippen LogP contribution in [0, 0.1) is 0 Å². The number of methoxy groups -OCH3 is 1. The number of phenols is 3. The zero-order chi connectivity index (χ0) is 32.5. The average Bonchev–Trinajstić information content (AvgIpc) is 2.99. The summed E-state index contributed by atoms with van der Waals surface area (Å²) < 4.78 is 27.7. The SMILES string of the molecule is COc1cc(-c2oc3cc(O)cc(O)c3c(=O)c2OC[C@@H](OC2OC(C)C(O)C(O)C2O)C(O)C(O)C(O)CO)ccc1O. The largest absolute Gasteiger partial charge is 0.508 e. The number of ether oxygens (including phenoxy) is 4. The predicted octanol–water partition coefficient (Wildman–Crippen LogP) is -1.75. The first-order chi connectivity index (χ1) is 20.8. The fraction of sp³-hybridized carbons (Fsp3) is 0.464. The number of phenolic OH excluding ortho intramolecular Hbond substituents is 3. The van der Waals surface area contributed by atoms with Gasteiger partial charge in [-0.3, -0.25) is 4.79 Å². The summed E-state index contributed by atoms with van der Waals surface area (Å²) in [4.78, 5) is 13.7. The van der Waals surface area contributed by atoms with Gasteiger partial charge in [-0.2, -0.15) is 0 Å². The van der Waals surface area contributed by atoms with Crippen molar-refractivity contribution in [1.29, 1.82) is 0 Å². The maximum absolute atomic E-state index is 13.7. The molecule has 9 atom stereocenters. The number of aromatic hydroxyl groups is 3. The highest BCUT2D eigenvalue weighted by molar-refractivity contribution is 5.88. The lowest BCUT2D eigenvalue weighted by Crippen LogP contribution is -2.59. The van der Waals surface area contributed by atoms with E-state index in [1.54, 1.807) is 0 Å². The molecule has 0 bridgehead atoms. The van der Waals surface area contributed by atoms with Crippen LogP contribution < -0.4 is 14.9 Å². The van der Waals surface area contributed by atoms with Gasteiger partial charge in [0.15, 0.2) is 23.5 Å². The Balaban J connectivity index is 1.79. The lowest BCUT2D eigenvalue weighted by Gasteiger charge is -2.41. The maximum Gasteiger partial charge on any atom is 0.239 e. The monoisotopic (exact) mass is 626 g/mol. The zero-order valence-electron chi connectivity index (χ0n) is 23.4. The van der Waals surface area contributed by atoms with Gasteiger partial charge in [0, 0.05) is 17.7 Å². The summed E-state index contributed by atoms with van der Waals surface area (Å²) >= 11 is 0. The van der Waals surface area contributed by atoms with Crippen LogP contribution in [0.15, 0.2) is 39.5 Å². The molecule has 10 N–H and O–H groups in total. The first-order valence-electron chi connectivity index (χ1n) is 13.3. The molecule has 1 aliphatic rings. The van der Waals surface area contributed by atoms with E-state index in [1.807, 2.05) is 0 Å². The first-order valence-corrected chi connectivity index (χ1v) is 13.3.